The molecule has 0 aromatic heterocycles. The van der Waals surface area contributed by atoms with Gasteiger partial charge in [0.2, 0.25) is 0 Å². The predicted molar refractivity (Wildman–Crippen MR) is 133 cm³/mol. The lowest BCUT2D eigenvalue weighted by molar-refractivity contribution is -0.136. The van der Waals surface area contributed by atoms with Gasteiger partial charge in [-0.15, -0.1) is 0 Å². The Kier molecular flexibility index (Phi) is 7.77. The molecule has 186 valence electrons. The molecule has 0 bridgehead atoms. The van der Waals surface area contributed by atoms with E-state index in [4.69, 9.17) is 14.2 Å². The average Bonchev–Trinajstić information content (AvgIpc) is 2.89. The van der Waals surface area contributed by atoms with Crippen molar-refractivity contribution < 1.29 is 23.8 Å². The summed E-state index contributed by atoms with van der Waals surface area (Å²) in [6.07, 6.45) is 0. The Morgan fingerprint density at radius 2 is 1.74 bits per heavy atom. The van der Waals surface area contributed by atoms with Crippen molar-refractivity contribution in [1.29, 1.82) is 0 Å². The van der Waals surface area contributed by atoms with Gasteiger partial charge in [-0.1, -0.05) is 24.3 Å². The second-order valence-corrected chi connectivity index (χ2v) is 8.35. The van der Waals surface area contributed by atoms with Crippen molar-refractivity contribution in [3.8, 4) is 11.5 Å². The number of benzene rings is 2. The van der Waals surface area contributed by atoms with E-state index in [1.165, 1.54) is 7.11 Å². The Bertz CT molecular complexity index is 1080. The number of nitrogens with zero attached hydrogens (tertiary/aromatic N) is 2. The predicted octanol–water partition coefficient (Wildman–Crippen LogP) is 2.70. The smallest absolute Gasteiger partial charge is 0.338 e. The molecule has 1 fully saturated rings. The molecule has 0 aliphatic carbocycles. The van der Waals surface area contributed by atoms with Crippen LogP contribution in [0.4, 0.5) is 10.5 Å². The number of ether oxygens (including phenoxy) is 3. The van der Waals surface area contributed by atoms with Crippen molar-refractivity contribution in [2.45, 2.75) is 13.0 Å². The number of hydrogen-bond donors (Lipinski definition) is 2. The SMILES string of the molecule is CCOc1ccc([C@@H]2NC(=O)NC(CN3CCN(c4ccccc4OC)CC3)=C2C(=O)OC)cc1. The summed E-state index contributed by atoms with van der Waals surface area (Å²) in [5.41, 5.74) is 2.81. The molecule has 2 aromatic rings. The van der Waals surface area contributed by atoms with Crippen molar-refractivity contribution in [3.63, 3.8) is 0 Å². The standard InChI is InChI=1S/C26H32N4O5/c1-4-35-19-11-9-18(10-12-19)24-23(25(31)34-3)20(27-26(32)28-24)17-29-13-15-30(16-14-29)21-7-5-6-8-22(21)33-2/h5-12,24H,4,13-17H2,1-3H3,(H2,27,28,32)/t24-/m0/s1. The zero-order chi connectivity index (χ0) is 24.8. The van der Waals surface area contributed by atoms with Crippen molar-refractivity contribution in [2.24, 2.45) is 0 Å². The van der Waals surface area contributed by atoms with Crippen LogP contribution >= 0.6 is 0 Å². The number of methoxy groups -OCH3 is 2. The van der Waals surface area contributed by atoms with Crippen molar-refractivity contribution in [2.75, 3.05) is 58.5 Å². The van der Waals surface area contributed by atoms with Crippen molar-refractivity contribution in [1.82, 2.24) is 15.5 Å². The molecule has 9 nitrogen and oxygen atoms in total. The first kappa shape index (κ1) is 24.4. The molecule has 1 atom stereocenters. The van der Waals surface area contributed by atoms with Gasteiger partial charge in [0.1, 0.15) is 11.5 Å². The minimum Gasteiger partial charge on any atom is -0.495 e. The number of esters is 1. The van der Waals surface area contributed by atoms with Crippen molar-refractivity contribution >= 4 is 17.7 Å². The average molecular weight is 481 g/mol. The second-order valence-electron chi connectivity index (χ2n) is 8.35. The molecule has 2 aromatic carbocycles. The first-order chi connectivity index (χ1) is 17.0. The minimum atomic E-state index is -0.614. The van der Waals surface area contributed by atoms with E-state index in [0.29, 0.717) is 24.4 Å². The summed E-state index contributed by atoms with van der Waals surface area (Å²) in [4.78, 5) is 29.9. The zero-order valence-electron chi connectivity index (χ0n) is 20.4. The molecule has 35 heavy (non-hydrogen) atoms. The number of piperazine rings is 1. The molecular formula is C26H32N4O5. The van der Waals surface area contributed by atoms with Gasteiger partial charge in [-0.3, -0.25) is 4.90 Å². The third kappa shape index (κ3) is 5.51. The number of urea groups is 1. The van der Waals surface area contributed by atoms with E-state index >= 15 is 0 Å². The van der Waals surface area contributed by atoms with Crippen LogP contribution in [0, 0.1) is 0 Å². The fraction of sp³-hybridized carbons (Fsp3) is 0.385. The Morgan fingerprint density at radius 3 is 2.40 bits per heavy atom. The van der Waals surface area contributed by atoms with Gasteiger partial charge in [-0.25, -0.2) is 9.59 Å². The van der Waals surface area contributed by atoms with Crippen molar-refractivity contribution in [3.05, 3.63) is 65.4 Å². The van der Waals surface area contributed by atoms with Gasteiger partial charge in [0.15, 0.2) is 0 Å². The maximum Gasteiger partial charge on any atom is 0.338 e. The van der Waals surface area contributed by atoms with Gasteiger partial charge in [0, 0.05) is 38.4 Å². The van der Waals surface area contributed by atoms with Crippen LogP contribution in [0.15, 0.2) is 59.8 Å². The summed E-state index contributed by atoms with van der Waals surface area (Å²) in [5, 5.41) is 5.72. The molecule has 1 saturated heterocycles. The maximum absolute atomic E-state index is 12.8. The fourth-order valence-electron chi connectivity index (χ4n) is 4.53. The number of carbonyl (C=O) groups excluding carboxylic acids is 2. The van der Waals surface area contributed by atoms with Crippen LogP contribution in [0.2, 0.25) is 0 Å². The zero-order valence-corrected chi connectivity index (χ0v) is 20.4. The lowest BCUT2D eigenvalue weighted by Crippen LogP contribution is -2.51. The Balaban J connectivity index is 1.53. The quantitative estimate of drug-likeness (QED) is 0.562. The van der Waals surface area contributed by atoms with E-state index in [2.05, 4.69) is 26.5 Å². The molecular weight excluding hydrogens is 448 g/mol. The molecule has 2 aliphatic rings. The van der Waals surface area contributed by atoms with E-state index in [0.717, 1.165) is 48.9 Å². The van der Waals surface area contributed by atoms with Crippen LogP contribution in [0.5, 0.6) is 11.5 Å². The summed E-state index contributed by atoms with van der Waals surface area (Å²) >= 11 is 0. The molecule has 9 heteroatoms. The summed E-state index contributed by atoms with van der Waals surface area (Å²) in [6, 6.07) is 14.4. The summed E-state index contributed by atoms with van der Waals surface area (Å²) in [6.45, 7) is 6.06. The molecule has 2 aliphatic heterocycles. The van der Waals surface area contributed by atoms with Crippen LogP contribution in [0.25, 0.3) is 0 Å². The molecule has 0 saturated carbocycles. The number of para-hydroxylation sites is 2. The van der Waals surface area contributed by atoms with Gasteiger partial charge in [-0.2, -0.15) is 0 Å². The molecule has 0 unspecified atom stereocenters. The van der Waals surface area contributed by atoms with Crippen LogP contribution in [0.1, 0.15) is 18.5 Å². The molecule has 0 radical (unpaired) electrons. The van der Waals surface area contributed by atoms with Gasteiger partial charge >= 0.3 is 12.0 Å². The monoisotopic (exact) mass is 480 g/mol. The highest BCUT2D eigenvalue weighted by molar-refractivity contribution is 5.95. The first-order valence-electron chi connectivity index (χ1n) is 11.8. The van der Waals surface area contributed by atoms with E-state index in [9.17, 15) is 9.59 Å². The number of carbonyl (C=O) groups is 2. The molecule has 2 amide bonds. The summed E-state index contributed by atoms with van der Waals surface area (Å²) < 4.78 is 16.1. The number of hydrogen-bond acceptors (Lipinski definition) is 7. The topological polar surface area (TPSA) is 92.4 Å². The number of amides is 2. The van der Waals surface area contributed by atoms with Gasteiger partial charge < -0.3 is 29.7 Å². The largest absolute Gasteiger partial charge is 0.495 e. The van der Waals surface area contributed by atoms with E-state index in [-0.39, 0.29) is 6.03 Å². The normalized spacial score (nSPS) is 18.5. The maximum atomic E-state index is 12.8. The highest BCUT2D eigenvalue weighted by Gasteiger charge is 2.34. The molecule has 4 rings (SSSR count). The van der Waals surface area contributed by atoms with E-state index in [1.807, 2.05) is 49.4 Å². The Morgan fingerprint density at radius 1 is 1.03 bits per heavy atom. The molecule has 2 heterocycles. The van der Waals surface area contributed by atoms with E-state index < -0.39 is 12.0 Å². The third-order valence-corrected chi connectivity index (χ3v) is 6.26. The Labute approximate surface area is 205 Å². The number of anilines is 1. The lowest BCUT2D eigenvalue weighted by Gasteiger charge is -2.38. The highest BCUT2D eigenvalue weighted by atomic mass is 16.5. The second kappa shape index (κ2) is 11.1. The van der Waals surface area contributed by atoms with Crippen LogP contribution in [-0.4, -0.2) is 70.5 Å². The van der Waals surface area contributed by atoms with Crippen LogP contribution < -0.4 is 25.0 Å². The minimum absolute atomic E-state index is 0.348. The van der Waals surface area contributed by atoms with Gasteiger partial charge in [0.05, 0.1) is 38.1 Å². The van der Waals surface area contributed by atoms with E-state index in [1.54, 1.807) is 7.11 Å². The number of rotatable bonds is 8. The molecule has 0 spiro atoms. The van der Waals surface area contributed by atoms with Crippen LogP contribution in [0.3, 0.4) is 0 Å². The third-order valence-electron chi connectivity index (χ3n) is 6.26. The summed E-state index contributed by atoms with van der Waals surface area (Å²) in [7, 11) is 3.03. The fourth-order valence-corrected chi connectivity index (χ4v) is 4.53. The summed E-state index contributed by atoms with van der Waals surface area (Å²) in [5.74, 6) is 1.10. The Hall–Kier alpha value is -3.72. The van der Waals surface area contributed by atoms with Crippen LogP contribution in [-0.2, 0) is 9.53 Å². The first-order valence-corrected chi connectivity index (χ1v) is 11.8. The van der Waals surface area contributed by atoms with Gasteiger partial charge in [-0.05, 0) is 36.8 Å². The highest BCUT2D eigenvalue weighted by Crippen LogP contribution is 2.31. The number of nitrogens with one attached hydrogen (secondary N) is 2. The molecule has 2 N–H and O–H groups in total. The lowest BCUT2D eigenvalue weighted by atomic mass is 9.95. The van der Waals surface area contributed by atoms with Gasteiger partial charge in [0.25, 0.3) is 0 Å².